The van der Waals surface area contributed by atoms with Gasteiger partial charge in [0.05, 0.1) is 13.2 Å². The highest BCUT2D eigenvalue weighted by molar-refractivity contribution is 6.05. The van der Waals surface area contributed by atoms with Gasteiger partial charge < -0.3 is 15.0 Å². The Morgan fingerprint density at radius 1 is 0.976 bits per heavy atom. The summed E-state index contributed by atoms with van der Waals surface area (Å²) >= 11 is 0. The SMILES string of the molecule is Cc1c(NC(=O)c2ccc(C(C)(C)C)cc2)cccc1-c1nccn2nc(Cc3ccc(N4CCOCC4)cc3)nc12. The lowest BCUT2D eigenvalue weighted by molar-refractivity contribution is 0.102. The maximum absolute atomic E-state index is 13.1. The number of nitrogens with zero attached hydrogens (tertiary/aromatic N) is 5. The Bertz CT molecular complexity index is 1710. The van der Waals surface area contributed by atoms with Crippen molar-refractivity contribution < 1.29 is 9.53 Å². The van der Waals surface area contributed by atoms with Crippen LogP contribution >= 0.6 is 0 Å². The third-order valence-corrected chi connectivity index (χ3v) is 7.82. The van der Waals surface area contributed by atoms with Gasteiger partial charge in [-0.3, -0.25) is 9.78 Å². The number of carbonyl (C=O) groups excluding carboxylic acids is 1. The molecule has 8 heteroatoms. The van der Waals surface area contributed by atoms with Gasteiger partial charge in [0, 0.05) is 54.4 Å². The second-order valence-electron chi connectivity index (χ2n) is 11.8. The fourth-order valence-electron chi connectivity index (χ4n) is 5.30. The normalized spacial score (nSPS) is 13.9. The number of morpholine rings is 1. The first-order valence-corrected chi connectivity index (χ1v) is 14.4. The van der Waals surface area contributed by atoms with Crippen LogP contribution in [0.1, 0.15) is 53.6 Å². The van der Waals surface area contributed by atoms with Crippen LogP contribution in [0.2, 0.25) is 0 Å². The number of fused-ring (bicyclic) bond motifs is 1. The second-order valence-corrected chi connectivity index (χ2v) is 11.8. The summed E-state index contributed by atoms with van der Waals surface area (Å²) in [5.41, 5.74) is 8.15. The van der Waals surface area contributed by atoms with Gasteiger partial charge in [-0.05, 0) is 59.4 Å². The van der Waals surface area contributed by atoms with E-state index in [4.69, 9.17) is 14.8 Å². The minimum Gasteiger partial charge on any atom is -0.378 e. The fourth-order valence-corrected chi connectivity index (χ4v) is 5.30. The van der Waals surface area contributed by atoms with Crippen LogP contribution in [0.15, 0.2) is 79.1 Å². The highest BCUT2D eigenvalue weighted by Gasteiger charge is 2.18. The topological polar surface area (TPSA) is 84.7 Å². The first kappa shape index (κ1) is 27.6. The van der Waals surface area contributed by atoms with E-state index in [-0.39, 0.29) is 11.3 Å². The van der Waals surface area contributed by atoms with Crippen molar-refractivity contribution in [1.29, 1.82) is 0 Å². The number of benzene rings is 3. The predicted molar refractivity (Wildman–Crippen MR) is 166 cm³/mol. The molecule has 1 amide bonds. The number of anilines is 2. The molecule has 3 aromatic carbocycles. The van der Waals surface area contributed by atoms with E-state index < -0.39 is 0 Å². The smallest absolute Gasteiger partial charge is 0.255 e. The fraction of sp³-hybridized carbons (Fsp3) is 0.294. The molecule has 0 atom stereocenters. The lowest BCUT2D eigenvalue weighted by Gasteiger charge is -2.28. The van der Waals surface area contributed by atoms with Gasteiger partial charge in [0.2, 0.25) is 0 Å². The quantitative estimate of drug-likeness (QED) is 0.271. The standard InChI is InChI=1S/C34H36N6O2/c1-23-28(6-5-7-29(23)36-33(41)25-10-12-26(13-11-25)34(2,3)4)31-32-37-30(38-40(32)17-16-35-31)22-24-8-14-27(15-9-24)39-18-20-42-21-19-39/h5-17H,18-22H2,1-4H3,(H,36,41). The first-order chi connectivity index (χ1) is 20.3. The number of rotatable bonds is 6. The molecule has 0 saturated carbocycles. The zero-order chi connectivity index (χ0) is 29.3. The third kappa shape index (κ3) is 5.76. The number of nitrogens with one attached hydrogen (secondary N) is 1. The van der Waals surface area contributed by atoms with Gasteiger partial charge in [-0.15, -0.1) is 0 Å². The summed E-state index contributed by atoms with van der Waals surface area (Å²) in [6, 6.07) is 22.2. The van der Waals surface area contributed by atoms with Crippen LogP contribution in [0.25, 0.3) is 16.9 Å². The van der Waals surface area contributed by atoms with Crippen molar-refractivity contribution in [3.8, 4) is 11.3 Å². The molecule has 1 N–H and O–H groups in total. The highest BCUT2D eigenvalue weighted by Crippen LogP contribution is 2.30. The van der Waals surface area contributed by atoms with Crippen molar-refractivity contribution in [2.45, 2.75) is 39.5 Å². The van der Waals surface area contributed by atoms with E-state index in [1.165, 1.54) is 11.3 Å². The van der Waals surface area contributed by atoms with E-state index in [9.17, 15) is 4.79 Å². The minimum atomic E-state index is -0.147. The van der Waals surface area contributed by atoms with E-state index in [0.717, 1.165) is 60.2 Å². The van der Waals surface area contributed by atoms with E-state index in [2.05, 4.69) is 60.2 Å². The molecule has 0 unspecified atom stereocenters. The van der Waals surface area contributed by atoms with E-state index >= 15 is 0 Å². The van der Waals surface area contributed by atoms with Crippen molar-refractivity contribution in [3.05, 3.63) is 107 Å². The highest BCUT2D eigenvalue weighted by atomic mass is 16.5. The molecule has 1 fully saturated rings. The molecule has 0 radical (unpaired) electrons. The largest absolute Gasteiger partial charge is 0.378 e. The number of hydrogen-bond donors (Lipinski definition) is 1. The Balaban J connectivity index is 1.22. The molecular formula is C34H36N6O2. The van der Waals surface area contributed by atoms with E-state index in [0.29, 0.717) is 17.6 Å². The maximum Gasteiger partial charge on any atom is 0.255 e. The number of carbonyl (C=O) groups is 1. The van der Waals surface area contributed by atoms with Gasteiger partial charge in [-0.25, -0.2) is 9.50 Å². The van der Waals surface area contributed by atoms with Gasteiger partial charge in [0.1, 0.15) is 5.69 Å². The summed E-state index contributed by atoms with van der Waals surface area (Å²) in [7, 11) is 0. The van der Waals surface area contributed by atoms with Crippen LogP contribution in [0, 0.1) is 6.92 Å². The average molecular weight is 561 g/mol. The number of hydrogen-bond acceptors (Lipinski definition) is 6. The summed E-state index contributed by atoms with van der Waals surface area (Å²) in [6.07, 6.45) is 4.17. The molecule has 1 aliphatic rings. The van der Waals surface area contributed by atoms with Crippen molar-refractivity contribution >= 4 is 22.9 Å². The van der Waals surface area contributed by atoms with Crippen LogP contribution in [0.5, 0.6) is 0 Å². The molecule has 0 spiro atoms. The lowest BCUT2D eigenvalue weighted by atomic mass is 9.86. The molecular weight excluding hydrogens is 524 g/mol. The summed E-state index contributed by atoms with van der Waals surface area (Å²) < 4.78 is 7.25. The number of amides is 1. The third-order valence-electron chi connectivity index (χ3n) is 7.82. The van der Waals surface area contributed by atoms with Crippen LogP contribution in [-0.4, -0.2) is 51.8 Å². The molecule has 0 aliphatic carbocycles. The van der Waals surface area contributed by atoms with Crippen molar-refractivity contribution in [3.63, 3.8) is 0 Å². The zero-order valence-electron chi connectivity index (χ0n) is 24.6. The van der Waals surface area contributed by atoms with Gasteiger partial charge in [0.25, 0.3) is 5.91 Å². The number of aromatic nitrogens is 4. The average Bonchev–Trinajstić information content (AvgIpc) is 3.41. The zero-order valence-corrected chi connectivity index (χ0v) is 24.6. The summed E-state index contributed by atoms with van der Waals surface area (Å²) in [5, 5.41) is 7.83. The van der Waals surface area contributed by atoms with Crippen molar-refractivity contribution in [2.24, 2.45) is 0 Å². The van der Waals surface area contributed by atoms with Gasteiger partial charge in [0.15, 0.2) is 11.5 Å². The Kier molecular flexibility index (Phi) is 7.47. The number of ether oxygens (including phenoxy) is 1. The monoisotopic (exact) mass is 560 g/mol. The first-order valence-electron chi connectivity index (χ1n) is 14.4. The Morgan fingerprint density at radius 3 is 2.43 bits per heavy atom. The van der Waals surface area contributed by atoms with Crippen LogP contribution in [-0.2, 0) is 16.6 Å². The van der Waals surface area contributed by atoms with E-state index in [1.54, 1.807) is 10.7 Å². The molecule has 3 heterocycles. The Labute approximate surface area is 246 Å². The molecule has 42 heavy (non-hydrogen) atoms. The molecule has 1 saturated heterocycles. The molecule has 6 rings (SSSR count). The second kappa shape index (κ2) is 11.4. The Hall–Kier alpha value is -4.56. The summed E-state index contributed by atoms with van der Waals surface area (Å²) in [4.78, 5) is 25.0. The molecule has 214 valence electrons. The maximum atomic E-state index is 13.1. The van der Waals surface area contributed by atoms with Crippen LogP contribution < -0.4 is 10.2 Å². The molecule has 0 bridgehead atoms. The lowest BCUT2D eigenvalue weighted by Crippen LogP contribution is -2.36. The van der Waals surface area contributed by atoms with Gasteiger partial charge >= 0.3 is 0 Å². The molecule has 1 aliphatic heterocycles. The molecule has 8 nitrogen and oxygen atoms in total. The van der Waals surface area contributed by atoms with Crippen molar-refractivity contribution in [2.75, 3.05) is 36.5 Å². The van der Waals surface area contributed by atoms with Crippen molar-refractivity contribution in [1.82, 2.24) is 19.6 Å². The molecule has 5 aromatic rings. The molecule has 2 aromatic heterocycles. The minimum absolute atomic E-state index is 0.0309. The van der Waals surface area contributed by atoms with Crippen LogP contribution in [0.3, 0.4) is 0 Å². The predicted octanol–water partition coefficient (Wildman–Crippen LogP) is 6.08. The van der Waals surface area contributed by atoms with Gasteiger partial charge in [-0.2, -0.15) is 5.10 Å². The van der Waals surface area contributed by atoms with Crippen LogP contribution in [0.4, 0.5) is 11.4 Å². The summed E-state index contributed by atoms with van der Waals surface area (Å²) in [5.74, 6) is 0.579. The Morgan fingerprint density at radius 2 is 1.71 bits per heavy atom. The summed E-state index contributed by atoms with van der Waals surface area (Å²) in [6.45, 7) is 11.8. The van der Waals surface area contributed by atoms with Gasteiger partial charge in [-0.1, -0.05) is 57.2 Å². The van der Waals surface area contributed by atoms with E-state index in [1.807, 2.05) is 55.6 Å².